The molecule has 0 saturated heterocycles. The van der Waals surface area contributed by atoms with Crippen LogP contribution in [-0.4, -0.2) is 12.6 Å². The first-order chi connectivity index (χ1) is 8.75. The van der Waals surface area contributed by atoms with Crippen molar-refractivity contribution in [2.24, 2.45) is 5.73 Å². The number of hydrogen-bond donors (Lipinski definition) is 1. The van der Waals surface area contributed by atoms with E-state index in [1.165, 1.54) is 0 Å². The molecule has 0 bridgehead atoms. The van der Waals surface area contributed by atoms with Gasteiger partial charge in [0.05, 0.1) is 18.6 Å². The molecule has 0 heterocycles. The number of nitrogens with two attached hydrogens (primary N) is 1. The molecule has 106 valence electrons. The molecule has 0 aromatic heterocycles. The third-order valence-electron chi connectivity index (χ3n) is 2.41. The lowest BCUT2D eigenvalue weighted by atomic mass is 10.0. The van der Waals surface area contributed by atoms with E-state index in [9.17, 15) is 22.4 Å². The van der Waals surface area contributed by atoms with Crippen LogP contribution in [0.25, 0.3) is 0 Å². The number of hydrogen-bond acceptors (Lipinski definition) is 3. The number of benzene rings is 1. The number of esters is 1. The summed E-state index contributed by atoms with van der Waals surface area (Å²) in [6, 6.07) is 0.736. The number of carbonyl (C=O) groups is 1. The summed E-state index contributed by atoms with van der Waals surface area (Å²) in [7, 11) is 0. The van der Waals surface area contributed by atoms with Crippen molar-refractivity contribution in [1.82, 2.24) is 0 Å². The van der Waals surface area contributed by atoms with Crippen LogP contribution in [0.3, 0.4) is 0 Å². The number of rotatable bonds is 4. The van der Waals surface area contributed by atoms with Crippen molar-refractivity contribution in [2.75, 3.05) is 6.61 Å². The Morgan fingerprint density at radius 1 is 1.42 bits per heavy atom. The average Bonchev–Trinajstić information content (AvgIpc) is 2.27. The monoisotopic (exact) mass is 279 g/mol. The minimum atomic E-state index is -4.59. The zero-order valence-corrected chi connectivity index (χ0v) is 10.1. The van der Waals surface area contributed by atoms with Crippen molar-refractivity contribution in [1.29, 1.82) is 0 Å². The summed E-state index contributed by atoms with van der Waals surface area (Å²) in [6.07, 6.45) is -4.97. The standard InChI is InChI=1S/C12H13F4NO2/c1-2-19-11(18)6-10(17)8-5-7(12(14,15)16)3-4-9(8)13/h3-5,10H,2,6,17H2,1H3/t10-/m0/s1. The molecule has 0 unspecified atom stereocenters. The van der Waals surface area contributed by atoms with E-state index < -0.39 is 29.6 Å². The maximum Gasteiger partial charge on any atom is 0.416 e. The van der Waals surface area contributed by atoms with E-state index in [1.807, 2.05) is 0 Å². The molecule has 0 aliphatic heterocycles. The van der Waals surface area contributed by atoms with E-state index in [4.69, 9.17) is 5.73 Å². The van der Waals surface area contributed by atoms with Crippen LogP contribution < -0.4 is 5.73 Å². The van der Waals surface area contributed by atoms with Crippen LogP contribution in [0.4, 0.5) is 17.6 Å². The summed E-state index contributed by atoms with van der Waals surface area (Å²) in [5.74, 6) is -1.57. The molecular formula is C12H13F4NO2. The highest BCUT2D eigenvalue weighted by molar-refractivity contribution is 5.70. The molecular weight excluding hydrogens is 266 g/mol. The van der Waals surface area contributed by atoms with Crippen molar-refractivity contribution >= 4 is 5.97 Å². The molecule has 7 heteroatoms. The fourth-order valence-electron chi connectivity index (χ4n) is 1.51. The van der Waals surface area contributed by atoms with E-state index in [0.29, 0.717) is 18.2 Å². The van der Waals surface area contributed by atoms with Crippen LogP contribution in [-0.2, 0) is 15.7 Å². The topological polar surface area (TPSA) is 52.3 Å². The number of carbonyl (C=O) groups excluding carboxylic acids is 1. The van der Waals surface area contributed by atoms with Crippen LogP contribution in [0.5, 0.6) is 0 Å². The summed E-state index contributed by atoms with van der Waals surface area (Å²) < 4.78 is 55.5. The third kappa shape index (κ3) is 4.20. The molecule has 3 nitrogen and oxygen atoms in total. The van der Waals surface area contributed by atoms with Gasteiger partial charge in [0.2, 0.25) is 0 Å². The molecule has 0 fully saturated rings. The number of halogens is 4. The molecule has 0 spiro atoms. The van der Waals surface area contributed by atoms with Gasteiger partial charge in [-0.15, -0.1) is 0 Å². The predicted molar refractivity (Wildman–Crippen MR) is 59.6 cm³/mol. The molecule has 0 saturated carbocycles. The Balaban J connectivity index is 2.96. The second kappa shape index (κ2) is 6.01. The van der Waals surface area contributed by atoms with Crippen LogP contribution in [0.2, 0.25) is 0 Å². The first kappa shape index (κ1) is 15.4. The van der Waals surface area contributed by atoms with Crippen molar-refractivity contribution < 1.29 is 27.1 Å². The van der Waals surface area contributed by atoms with Gasteiger partial charge in [0, 0.05) is 11.6 Å². The second-order valence-electron chi connectivity index (χ2n) is 3.85. The van der Waals surface area contributed by atoms with Gasteiger partial charge in [-0.05, 0) is 25.1 Å². The normalized spacial score (nSPS) is 13.2. The zero-order chi connectivity index (χ0) is 14.6. The Hall–Kier alpha value is -1.63. The Bertz CT molecular complexity index is 460. The van der Waals surface area contributed by atoms with E-state index in [-0.39, 0.29) is 18.6 Å². The second-order valence-corrected chi connectivity index (χ2v) is 3.85. The molecule has 1 aromatic carbocycles. The van der Waals surface area contributed by atoms with E-state index in [2.05, 4.69) is 4.74 Å². The van der Waals surface area contributed by atoms with Crippen molar-refractivity contribution in [3.63, 3.8) is 0 Å². The molecule has 19 heavy (non-hydrogen) atoms. The molecule has 1 atom stereocenters. The largest absolute Gasteiger partial charge is 0.466 e. The maximum absolute atomic E-state index is 13.4. The molecule has 0 aliphatic rings. The average molecular weight is 279 g/mol. The van der Waals surface area contributed by atoms with Gasteiger partial charge in [-0.3, -0.25) is 4.79 Å². The smallest absolute Gasteiger partial charge is 0.416 e. The fraction of sp³-hybridized carbons (Fsp3) is 0.417. The van der Waals surface area contributed by atoms with Crippen LogP contribution in [0.15, 0.2) is 18.2 Å². The van der Waals surface area contributed by atoms with Crippen molar-refractivity contribution in [3.8, 4) is 0 Å². The minimum Gasteiger partial charge on any atom is -0.466 e. The number of alkyl halides is 3. The van der Waals surface area contributed by atoms with Gasteiger partial charge in [-0.25, -0.2) is 4.39 Å². The lowest BCUT2D eigenvalue weighted by molar-refractivity contribution is -0.143. The summed E-state index contributed by atoms with van der Waals surface area (Å²) in [5.41, 5.74) is 4.16. The van der Waals surface area contributed by atoms with Gasteiger partial charge in [-0.1, -0.05) is 0 Å². The van der Waals surface area contributed by atoms with Gasteiger partial charge in [-0.2, -0.15) is 13.2 Å². The summed E-state index contributed by atoms with van der Waals surface area (Å²) in [6.45, 7) is 1.70. The number of ether oxygens (including phenoxy) is 1. The van der Waals surface area contributed by atoms with E-state index in [1.54, 1.807) is 6.92 Å². The van der Waals surface area contributed by atoms with Crippen molar-refractivity contribution in [2.45, 2.75) is 25.6 Å². The SMILES string of the molecule is CCOC(=O)C[C@H](N)c1cc(C(F)(F)F)ccc1F. The van der Waals surface area contributed by atoms with Gasteiger partial charge in [0.1, 0.15) is 5.82 Å². The fourth-order valence-corrected chi connectivity index (χ4v) is 1.51. The van der Waals surface area contributed by atoms with Gasteiger partial charge in [0.15, 0.2) is 0 Å². The minimum absolute atomic E-state index is 0.122. The molecule has 2 N–H and O–H groups in total. The zero-order valence-electron chi connectivity index (χ0n) is 10.1. The van der Waals surface area contributed by atoms with Gasteiger partial charge >= 0.3 is 12.1 Å². The Labute approximate surface area is 107 Å². The Morgan fingerprint density at radius 3 is 2.58 bits per heavy atom. The maximum atomic E-state index is 13.4. The molecule has 1 rings (SSSR count). The summed E-state index contributed by atoms with van der Waals surface area (Å²) in [5, 5.41) is 0. The Kier molecular flexibility index (Phi) is 4.88. The van der Waals surface area contributed by atoms with Crippen LogP contribution >= 0.6 is 0 Å². The van der Waals surface area contributed by atoms with Crippen LogP contribution in [0, 0.1) is 5.82 Å². The third-order valence-corrected chi connectivity index (χ3v) is 2.41. The quantitative estimate of drug-likeness (QED) is 0.681. The highest BCUT2D eigenvalue weighted by Gasteiger charge is 2.32. The highest BCUT2D eigenvalue weighted by atomic mass is 19.4. The Morgan fingerprint density at radius 2 is 2.05 bits per heavy atom. The van der Waals surface area contributed by atoms with Gasteiger partial charge < -0.3 is 10.5 Å². The van der Waals surface area contributed by atoms with E-state index >= 15 is 0 Å². The highest BCUT2D eigenvalue weighted by Crippen LogP contribution is 2.32. The molecule has 0 aliphatic carbocycles. The molecule has 1 aromatic rings. The molecule has 0 radical (unpaired) electrons. The lowest BCUT2D eigenvalue weighted by Crippen LogP contribution is -2.19. The summed E-state index contributed by atoms with van der Waals surface area (Å²) in [4.78, 5) is 11.2. The first-order valence-corrected chi connectivity index (χ1v) is 5.53. The van der Waals surface area contributed by atoms with E-state index in [0.717, 1.165) is 0 Å². The van der Waals surface area contributed by atoms with Gasteiger partial charge in [0.25, 0.3) is 0 Å². The predicted octanol–water partition coefficient (Wildman–Crippen LogP) is 2.80. The first-order valence-electron chi connectivity index (χ1n) is 5.53. The van der Waals surface area contributed by atoms with Crippen LogP contribution in [0.1, 0.15) is 30.5 Å². The molecule has 0 amide bonds. The lowest BCUT2D eigenvalue weighted by Gasteiger charge is -2.14. The van der Waals surface area contributed by atoms with Crippen molar-refractivity contribution in [3.05, 3.63) is 35.1 Å². The summed E-state index contributed by atoms with van der Waals surface area (Å²) >= 11 is 0.